The van der Waals surface area contributed by atoms with E-state index in [1.807, 2.05) is 0 Å². The summed E-state index contributed by atoms with van der Waals surface area (Å²) >= 11 is 4.09. The molecule has 0 radical (unpaired) electrons. The maximum absolute atomic E-state index is 13.2. The summed E-state index contributed by atoms with van der Waals surface area (Å²) < 4.78 is 52.5. The van der Waals surface area contributed by atoms with Gasteiger partial charge >= 0.3 is 6.18 Å². The van der Waals surface area contributed by atoms with Crippen molar-refractivity contribution in [2.45, 2.75) is 12.7 Å². The second-order valence-corrected chi connectivity index (χ2v) is 5.88. The lowest BCUT2D eigenvalue weighted by molar-refractivity contribution is -0.141. The highest BCUT2D eigenvalue weighted by atomic mass is 79.9. The van der Waals surface area contributed by atoms with Crippen molar-refractivity contribution in [3.63, 3.8) is 0 Å². The number of aromatic nitrogens is 1. The van der Waals surface area contributed by atoms with Crippen molar-refractivity contribution in [1.29, 1.82) is 0 Å². The van der Waals surface area contributed by atoms with Crippen molar-refractivity contribution < 1.29 is 17.6 Å². The van der Waals surface area contributed by atoms with Crippen LogP contribution in [0.4, 0.5) is 17.6 Å². The van der Waals surface area contributed by atoms with Crippen molar-refractivity contribution in [2.24, 2.45) is 0 Å². The van der Waals surface area contributed by atoms with Crippen LogP contribution in [-0.4, -0.2) is 12.0 Å². The molecule has 0 fully saturated rings. The molecule has 8 heteroatoms. The number of hydrogen-bond acceptors (Lipinski definition) is 3. The minimum Gasteiger partial charge on any atom is -0.315 e. The van der Waals surface area contributed by atoms with E-state index in [0.717, 1.165) is 17.4 Å². The highest BCUT2D eigenvalue weighted by molar-refractivity contribution is 9.10. The van der Waals surface area contributed by atoms with Gasteiger partial charge in [0.2, 0.25) is 0 Å². The number of nitrogens with one attached hydrogen (secondary N) is 1. The Bertz CT molecular complexity index is 624. The van der Waals surface area contributed by atoms with Gasteiger partial charge in [-0.2, -0.15) is 13.2 Å². The number of halogens is 5. The van der Waals surface area contributed by atoms with Crippen LogP contribution < -0.4 is 5.32 Å². The molecule has 0 saturated carbocycles. The van der Waals surface area contributed by atoms with Gasteiger partial charge in [-0.1, -0.05) is 15.9 Å². The Hall–Kier alpha value is -0.990. The second kappa shape index (κ2) is 5.79. The van der Waals surface area contributed by atoms with E-state index in [1.54, 1.807) is 7.05 Å². The van der Waals surface area contributed by atoms with E-state index in [9.17, 15) is 17.6 Å². The Labute approximate surface area is 125 Å². The minimum atomic E-state index is -4.53. The third kappa shape index (κ3) is 3.18. The molecule has 0 aliphatic carbocycles. The van der Waals surface area contributed by atoms with E-state index in [1.165, 1.54) is 12.1 Å². The lowest BCUT2D eigenvalue weighted by Gasteiger charge is -2.04. The Balaban J connectivity index is 2.55. The van der Waals surface area contributed by atoms with Gasteiger partial charge in [0, 0.05) is 16.6 Å². The van der Waals surface area contributed by atoms with Crippen molar-refractivity contribution in [1.82, 2.24) is 10.3 Å². The van der Waals surface area contributed by atoms with E-state index in [-0.39, 0.29) is 16.4 Å². The quantitative estimate of drug-likeness (QED) is 0.809. The van der Waals surface area contributed by atoms with Crippen LogP contribution in [0.2, 0.25) is 0 Å². The summed E-state index contributed by atoms with van der Waals surface area (Å²) in [6.45, 7) is 0.0550. The predicted molar refractivity (Wildman–Crippen MR) is 73.0 cm³/mol. The molecule has 0 spiro atoms. The third-order valence-corrected chi connectivity index (χ3v) is 4.24. The summed E-state index contributed by atoms with van der Waals surface area (Å²) in [5.74, 6) is -0.526. The number of benzene rings is 1. The van der Waals surface area contributed by atoms with Gasteiger partial charge in [0.05, 0.1) is 4.88 Å². The molecule has 1 aromatic heterocycles. The van der Waals surface area contributed by atoms with Crippen molar-refractivity contribution in [2.75, 3.05) is 7.05 Å². The van der Waals surface area contributed by atoms with Gasteiger partial charge in [-0.15, -0.1) is 11.3 Å². The molecule has 2 nitrogen and oxygen atoms in total. The first-order chi connectivity index (χ1) is 9.32. The molecule has 0 unspecified atom stereocenters. The summed E-state index contributed by atoms with van der Waals surface area (Å²) in [4.78, 5) is 3.70. The Morgan fingerprint density at radius 2 is 2.05 bits per heavy atom. The van der Waals surface area contributed by atoms with Crippen LogP contribution in [0.1, 0.15) is 10.6 Å². The van der Waals surface area contributed by atoms with Gasteiger partial charge < -0.3 is 5.32 Å². The van der Waals surface area contributed by atoms with E-state index in [0.29, 0.717) is 10.0 Å². The van der Waals surface area contributed by atoms with Crippen molar-refractivity contribution >= 4 is 27.3 Å². The summed E-state index contributed by atoms with van der Waals surface area (Å²) in [6, 6.07) is 3.82. The average molecular weight is 369 g/mol. The Kier molecular flexibility index (Phi) is 4.46. The van der Waals surface area contributed by atoms with Crippen LogP contribution in [0.5, 0.6) is 0 Å². The molecule has 0 atom stereocenters. The smallest absolute Gasteiger partial charge is 0.315 e. The summed E-state index contributed by atoms with van der Waals surface area (Å²) in [7, 11) is 1.55. The molecule has 20 heavy (non-hydrogen) atoms. The standard InChI is InChI=1S/C12H9BrF4N2S/c1-18-5-9-10(12(15,16)17)19-11(20-9)7-4-6(14)2-3-8(7)13/h2-4,18H,5H2,1H3. The first-order valence-electron chi connectivity index (χ1n) is 5.50. The summed E-state index contributed by atoms with van der Waals surface area (Å²) in [5.41, 5.74) is -0.620. The maximum atomic E-state index is 13.2. The highest BCUT2D eigenvalue weighted by Crippen LogP contribution is 2.39. The number of thiazole rings is 1. The van der Waals surface area contributed by atoms with Crippen LogP contribution in [0.3, 0.4) is 0 Å². The Morgan fingerprint density at radius 3 is 2.65 bits per heavy atom. The molecular formula is C12H9BrF4N2S. The molecule has 2 rings (SSSR count). The fourth-order valence-electron chi connectivity index (χ4n) is 1.63. The van der Waals surface area contributed by atoms with Gasteiger partial charge in [-0.25, -0.2) is 9.37 Å². The monoisotopic (exact) mass is 368 g/mol. The first-order valence-corrected chi connectivity index (χ1v) is 7.11. The minimum absolute atomic E-state index is 0.0550. The van der Waals surface area contributed by atoms with Gasteiger partial charge in [-0.05, 0) is 25.2 Å². The van der Waals surface area contributed by atoms with Gasteiger partial charge in [0.25, 0.3) is 0 Å². The molecule has 1 aromatic carbocycles. The van der Waals surface area contributed by atoms with Crippen molar-refractivity contribution in [3.05, 3.63) is 39.1 Å². The molecule has 0 bridgehead atoms. The summed E-state index contributed by atoms with van der Waals surface area (Å²) in [6.07, 6.45) is -4.53. The molecule has 0 amide bonds. The van der Waals surface area contributed by atoms with E-state index in [2.05, 4.69) is 26.2 Å². The molecule has 2 aromatic rings. The lowest BCUT2D eigenvalue weighted by atomic mass is 10.2. The number of hydrogen-bond donors (Lipinski definition) is 1. The van der Waals surface area contributed by atoms with Crippen LogP contribution in [0.15, 0.2) is 22.7 Å². The topological polar surface area (TPSA) is 24.9 Å². The van der Waals surface area contributed by atoms with Crippen molar-refractivity contribution in [3.8, 4) is 10.6 Å². The molecule has 1 N–H and O–H groups in total. The average Bonchev–Trinajstić information content (AvgIpc) is 2.76. The molecule has 1 heterocycles. The first kappa shape index (κ1) is 15.4. The zero-order valence-electron chi connectivity index (χ0n) is 10.2. The highest BCUT2D eigenvalue weighted by Gasteiger charge is 2.37. The maximum Gasteiger partial charge on any atom is 0.434 e. The van der Waals surface area contributed by atoms with E-state index < -0.39 is 17.7 Å². The van der Waals surface area contributed by atoms with Crippen LogP contribution in [0, 0.1) is 5.82 Å². The van der Waals surface area contributed by atoms with E-state index in [4.69, 9.17) is 0 Å². The largest absolute Gasteiger partial charge is 0.434 e. The second-order valence-electron chi connectivity index (χ2n) is 3.94. The molecule has 108 valence electrons. The SMILES string of the molecule is CNCc1sc(-c2cc(F)ccc2Br)nc1C(F)(F)F. The fourth-order valence-corrected chi connectivity index (χ4v) is 3.32. The van der Waals surface area contributed by atoms with Gasteiger partial charge in [0.15, 0.2) is 5.69 Å². The molecule has 0 aliphatic heterocycles. The Morgan fingerprint density at radius 1 is 1.35 bits per heavy atom. The lowest BCUT2D eigenvalue weighted by Crippen LogP contribution is -2.12. The fraction of sp³-hybridized carbons (Fsp3) is 0.250. The number of alkyl halides is 3. The summed E-state index contributed by atoms with van der Waals surface area (Å²) in [5, 5.41) is 2.81. The zero-order valence-corrected chi connectivity index (χ0v) is 12.6. The van der Waals surface area contributed by atoms with Crippen LogP contribution in [-0.2, 0) is 12.7 Å². The molecule has 0 saturated heterocycles. The number of nitrogens with zero attached hydrogens (tertiary/aromatic N) is 1. The number of rotatable bonds is 3. The van der Waals surface area contributed by atoms with Crippen LogP contribution in [0.25, 0.3) is 10.6 Å². The van der Waals surface area contributed by atoms with Gasteiger partial charge in [0.1, 0.15) is 10.8 Å². The third-order valence-electron chi connectivity index (χ3n) is 2.46. The van der Waals surface area contributed by atoms with E-state index >= 15 is 0 Å². The van der Waals surface area contributed by atoms with Crippen LogP contribution >= 0.6 is 27.3 Å². The molecule has 0 aliphatic rings. The molecular weight excluding hydrogens is 360 g/mol. The normalized spacial score (nSPS) is 11.9. The predicted octanol–water partition coefficient (Wildman–Crippen LogP) is 4.45. The zero-order chi connectivity index (χ0) is 14.9. The van der Waals surface area contributed by atoms with Gasteiger partial charge in [-0.3, -0.25) is 0 Å².